The molecular weight excluding hydrogens is 571 g/mol. The number of carbonyl (C=O) groups excluding carboxylic acids is 1. The molecule has 0 aliphatic heterocycles. The molecule has 0 bridgehead atoms. The molecule has 1 aliphatic rings. The van der Waals surface area contributed by atoms with Crippen LogP contribution in [0.1, 0.15) is 40.9 Å². The van der Waals surface area contributed by atoms with Crippen molar-refractivity contribution in [2.24, 2.45) is 0 Å². The number of aromatic nitrogens is 1. The average Bonchev–Trinajstić information content (AvgIpc) is 3.14. The summed E-state index contributed by atoms with van der Waals surface area (Å²) in [4.78, 5) is 18.9. The lowest BCUT2D eigenvalue weighted by Crippen LogP contribution is -2.30. The standard InChI is InChI=1S/C45H33NO/c1-45(2)40-23-12-11-22-38(40)44(47)39-27-33(24-25-41(39)45)32-18-13-19-34(26-32)36-20-9-10-21-37(36)43-29-35(30-14-5-3-6-15-30)28-42(46-43)31-16-7-4-8-17-31/h3-29H,1-2H3. The number of pyridine rings is 1. The molecule has 1 aromatic heterocycles. The van der Waals surface area contributed by atoms with Gasteiger partial charge in [0.15, 0.2) is 5.78 Å². The average molecular weight is 604 g/mol. The molecule has 0 unspecified atom stereocenters. The molecule has 1 aliphatic carbocycles. The van der Waals surface area contributed by atoms with E-state index in [1.807, 2.05) is 30.3 Å². The molecule has 0 fully saturated rings. The van der Waals surface area contributed by atoms with Crippen molar-refractivity contribution in [2.75, 3.05) is 0 Å². The highest BCUT2D eigenvalue weighted by atomic mass is 16.1. The molecule has 8 rings (SSSR count). The Morgan fingerprint density at radius 2 is 0.936 bits per heavy atom. The summed E-state index contributed by atoms with van der Waals surface area (Å²) in [7, 11) is 0. The van der Waals surface area contributed by atoms with Crippen LogP contribution in [0.2, 0.25) is 0 Å². The Morgan fingerprint density at radius 3 is 1.70 bits per heavy atom. The number of fused-ring (bicyclic) bond motifs is 2. The predicted octanol–water partition coefficient (Wildman–Crippen LogP) is 11.3. The van der Waals surface area contributed by atoms with Gasteiger partial charge in [-0.3, -0.25) is 4.79 Å². The van der Waals surface area contributed by atoms with Gasteiger partial charge < -0.3 is 0 Å². The third-order valence-electron chi connectivity index (χ3n) is 9.49. The van der Waals surface area contributed by atoms with E-state index in [1.54, 1.807) is 0 Å². The minimum Gasteiger partial charge on any atom is -0.289 e. The van der Waals surface area contributed by atoms with Gasteiger partial charge in [0.05, 0.1) is 11.4 Å². The number of hydrogen-bond acceptors (Lipinski definition) is 2. The van der Waals surface area contributed by atoms with Gasteiger partial charge in [0.1, 0.15) is 0 Å². The number of nitrogens with zero attached hydrogens (tertiary/aromatic N) is 1. The Hall–Kier alpha value is -5.86. The van der Waals surface area contributed by atoms with Crippen LogP contribution in [0, 0.1) is 0 Å². The summed E-state index contributed by atoms with van der Waals surface area (Å²) >= 11 is 0. The SMILES string of the molecule is CC1(C)c2ccccc2C(=O)c2cc(-c3cccc(-c4ccccc4-c4cc(-c5ccccc5)cc(-c5ccccc5)n4)c3)ccc21. The molecule has 0 radical (unpaired) electrons. The third kappa shape index (κ3) is 5.09. The maximum atomic E-state index is 13.7. The van der Waals surface area contributed by atoms with Crippen LogP contribution in [0.5, 0.6) is 0 Å². The molecule has 1 heterocycles. The lowest BCUT2D eigenvalue weighted by atomic mass is 9.68. The van der Waals surface area contributed by atoms with Crippen LogP contribution in [0.25, 0.3) is 55.9 Å². The summed E-state index contributed by atoms with van der Waals surface area (Å²) in [6, 6.07) is 56.7. The van der Waals surface area contributed by atoms with Crippen molar-refractivity contribution in [1.29, 1.82) is 0 Å². The largest absolute Gasteiger partial charge is 0.289 e. The highest BCUT2D eigenvalue weighted by Gasteiger charge is 2.36. The Balaban J connectivity index is 1.23. The van der Waals surface area contributed by atoms with E-state index in [1.165, 1.54) is 0 Å². The molecule has 0 atom stereocenters. The van der Waals surface area contributed by atoms with E-state index in [-0.39, 0.29) is 11.2 Å². The van der Waals surface area contributed by atoms with E-state index >= 15 is 0 Å². The van der Waals surface area contributed by atoms with Crippen molar-refractivity contribution in [1.82, 2.24) is 4.98 Å². The lowest BCUT2D eigenvalue weighted by molar-refractivity contribution is 0.103. The zero-order valence-electron chi connectivity index (χ0n) is 26.4. The summed E-state index contributed by atoms with van der Waals surface area (Å²) in [6.07, 6.45) is 0. The second kappa shape index (κ2) is 11.5. The van der Waals surface area contributed by atoms with Crippen LogP contribution in [-0.2, 0) is 5.41 Å². The quantitative estimate of drug-likeness (QED) is 0.196. The molecule has 0 saturated carbocycles. The van der Waals surface area contributed by atoms with E-state index in [0.717, 1.165) is 78.1 Å². The molecular formula is C45H33NO. The van der Waals surface area contributed by atoms with Crippen LogP contribution in [-0.4, -0.2) is 10.8 Å². The summed E-state index contributed by atoms with van der Waals surface area (Å²) in [5, 5.41) is 0. The fourth-order valence-corrected chi connectivity index (χ4v) is 7.02. The summed E-state index contributed by atoms with van der Waals surface area (Å²) < 4.78 is 0. The van der Waals surface area contributed by atoms with Gasteiger partial charge in [-0.25, -0.2) is 4.98 Å². The van der Waals surface area contributed by atoms with Crippen LogP contribution >= 0.6 is 0 Å². The first kappa shape index (κ1) is 28.6. The van der Waals surface area contributed by atoms with Gasteiger partial charge in [0, 0.05) is 27.7 Å². The van der Waals surface area contributed by atoms with Gasteiger partial charge in [0.25, 0.3) is 0 Å². The molecule has 224 valence electrons. The van der Waals surface area contributed by atoms with Crippen molar-refractivity contribution in [2.45, 2.75) is 19.3 Å². The van der Waals surface area contributed by atoms with Gasteiger partial charge >= 0.3 is 0 Å². The highest BCUT2D eigenvalue weighted by Crippen LogP contribution is 2.43. The Labute approximate surface area is 276 Å². The van der Waals surface area contributed by atoms with Crippen LogP contribution < -0.4 is 0 Å². The maximum Gasteiger partial charge on any atom is 0.193 e. The second-order valence-corrected chi connectivity index (χ2v) is 12.7. The first-order chi connectivity index (χ1) is 23.0. The molecule has 7 aromatic rings. The molecule has 0 N–H and O–H groups in total. The molecule has 6 aromatic carbocycles. The van der Waals surface area contributed by atoms with Gasteiger partial charge in [-0.1, -0.05) is 153 Å². The van der Waals surface area contributed by atoms with Crippen molar-refractivity contribution < 1.29 is 4.79 Å². The zero-order valence-corrected chi connectivity index (χ0v) is 26.4. The topological polar surface area (TPSA) is 30.0 Å². The number of hydrogen-bond donors (Lipinski definition) is 0. The van der Waals surface area contributed by atoms with Crippen LogP contribution in [0.4, 0.5) is 0 Å². The Bertz CT molecular complexity index is 2220. The second-order valence-electron chi connectivity index (χ2n) is 12.7. The van der Waals surface area contributed by atoms with E-state index in [9.17, 15) is 4.79 Å². The lowest BCUT2D eigenvalue weighted by Gasteiger charge is -2.34. The van der Waals surface area contributed by atoms with Crippen LogP contribution in [0.3, 0.4) is 0 Å². The van der Waals surface area contributed by atoms with E-state index < -0.39 is 0 Å². The van der Waals surface area contributed by atoms with Crippen molar-refractivity contribution in [3.63, 3.8) is 0 Å². The third-order valence-corrected chi connectivity index (χ3v) is 9.49. The van der Waals surface area contributed by atoms with Gasteiger partial charge in [0.2, 0.25) is 0 Å². The van der Waals surface area contributed by atoms with Gasteiger partial charge in [-0.05, 0) is 68.8 Å². The van der Waals surface area contributed by atoms with E-state index in [2.05, 4.69) is 147 Å². The van der Waals surface area contributed by atoms with Crippen molar-refractivity contribution >= 4 is 5.78 Å². The predicted molar refractivity (Wildman–Crippen MR) is 193 cm³/mol. The monoisotopic (exact) mass is 603 g/mol. The normalized spacial score (nSPS) is 13.1. The zero-order chi connectivity index (χ0) is 32.0. The van der Waals surface area contributed by atoms with Crippen molar-refractivity contribution in [3.8, 4) is 55.9 Å². The Kier molecular flexibility index (Phi) is 7.00. The van der Waals surface area contributed by atoms with Crippen molar-refractivity contribution in [3.05, 3.63) is 186 Å². The first-order valence-electron chi connectivity index (χ1n) is 16.1. The molecule has 2 heteroatoms. The smallest absolute Gasteiger partial charge is 0.193 e. The minimum absolute atomic E-state index is 0.0943. The number of ketones is 1. The Morgan fingerprint density at radius 1 is 0.383 bits per heavy atom. The van der Waals surface area contributed by atoms with Gasteiger partial charge in [-0.2, -0.15) is 0 Å². The molecule has 0 saturated heterocycles. The molecule has 2 nitrogen and oxygen atoms in total. The highest BCUT2D eigenvalue weighted by molar-refractivity contribution is 6.13. The fourth-order valence-electron chi connectivity index (χ4n) is 7.02. The summed E-state index contributed by atoms with van der Waals surface area (Å²) in [6.45, 7) is 4.41. The van der Waals surface area contributed by atoms with Crippen LogP contribution in [0.15, 0.2) is 164 Å². The van der Waals surface area contributed by atoms with E-state index in [0.29, 0.717) is 0 Å². The first-order valence-corrected chi connectivity index (χ1v) is 16.1. The molecule has 47 heavy (non-hydrogen) atoms. The number of carbonyl (C=O) groups is 1. The minimum atomic E-state index is -0.251. The fraction of sp³-hybridized carbons (Fsp3) is 0.0667. The summed E-state index contributed by atoms with van der Waals surface area (Å²) in [5.74, 6) is 0.0943. The van der Waals surface area contributed by atoms with E-state index in [4.69, 9.17) is 4.98 Å². The number of benzene rings is 6. The van der Waals surface area contributed by atoms with Gasteiger partial charge in [-0.15, -0.1) is 0 Å². The molecule has 0 spiro atoms. The molecule has 0 amide bonds. The maximum absolute atomic E-state index is 13.7. The number of rotatable bonds is 5. The summed E-state index contributed by atoms with van der Waals surface area (Å²) in [5.41, 5.74) is 14.1.